The van der Waals surface area contributed by atoms with E-state index in [0.717, 1.165) is 38.2 Å². The number of rotatable bonds is 6. The molecule has 1 aliphatic rings. The number of nitrogens with zero attached hydrogens (tertiary/aromatic N) is 1. The highest BCUT2D eigenvalue weighted by Crippen LogP contribution is 2.23. The third-order valence-electron chi connectivity index (χ3n) is 4.74. The molecule has 27 heavy (non-hydrogen) atoms. The van der Waals surface area contributed by atoms with Crippen molar-refractivity contribution in [2.75, 3.05) is 32.6 Å². The standard InChI is InChI=1S/C21H27N3O3/c1-26-18-9-5-7-16(13-18)14-24-12-6-8-17(15-24)22-21(25)23-19-10-3-4-11-20(19)27-2/h3-5,7,9-11,13,17H,6,8,12,14-15H2,1-2H3,(H2,22,23,25)/t17-/m1/s1. The molecule has 0 bridgehead atoms. The summed E-state index contributed by atoms with van der Waals surface area (Å²) in [5, 5.41) is 5.96. The largest absolute Gasteiger partial charge is 0.497 e. The Kier molecular flexibility index (Phi) is 6.54. The Morgan fingerprint density at radius 2 is 2.00 bits per heavy atom. The van der Waals surface area contributed by atoms with E-state index in [1.54, 1.807) is 14.2 Å². The number of carbonyl (C=O) groups excluding carboxylic acids is 1. The number of ether oxygens (including phenoxy) is 2. The first-order valence-electron chi connectivity index (χ1n) is 9.23. The number of methoxy groups -OCH3 is 2. The van der Waals surface area contributed by atoms with Crippen molar-refractivity contribution in [1.82, 2.24) is 10.2 Å². The van der Waals surface area contributed by atoms with Gasteiger partial charge < -0.3 is 20.1 Å². The highest BCUT2D eigenvalue weighted by molar-refractivity contribution is 5.91. The number of benzene rings is 2. The number of amides is 2. The van der Waals surface area contributed by atoms with Gasteiger partial charge in [0.05, 0.1) is 19.9 Å². The van der Waals surface area contributed by atoms with Crippen molar-refractivity contribution >= 4 is 11.7 Å². The molecule has 2 aromatic rings. The average molecular weight is 369 g/mol. The lowest BCUT2D eigenvalue weighted by atomic mass is 10.0. The fraction of sp³-hybridized carbons (Fsp3) is 0.381. The molecule has 0 spiro atoms. The topological polar surface area (TPSA) is 62.8 Å². The van der Waals surface area contributed by atoms with Crippen LogP contribution < -0.4 is 20.1 Å². The molecular formula is C21H27N3O3. The Hall–Kier alpha value is -2.73. The number of anilines is 1. The van der Waals surface area contributed by atoms with E-state index >= 15 is 0 Å². The molecule has 144 valence electrons. The lowest BCUT2D eigenvalue weighted by Gasteiger charge is -2.33. The van der Waals surface area contributed by atoms with E-state index in [2.05, 4.69) is 27.7 Å². The van der Waals surface area contributed by atoms with E-state index in [9.17, 15) is 4.79 Å². The van der Waals surface area contributed by atoms with Crippen molar-refractivity contribution < 1.29 is 14.3 Å². The molecule has 0 aliphatic carbocycles. The van der Waals surface area contributed by atoms with Crippen LogP contribution in [0, 0.1) is 0 Å². The molecule has 0 aromatic heterocycles. The molecular weight excluding hydrogens is 342 g/mol. The quantitative estimate of drug-likeness (QED) is 0.818. The molecule has 1 fully saturated rings. The Morgan fingerprint density at radius 1 is 1.15 bits per heavy atom. The highest BCUT2D eigenvalue weighted by Gasteiger charge is 2.22. The van der Waals surface area contributed by atoms with Gasteiger partial charge in [-0.15, -0.1) is 0 Å². The molecule has 2 aromatic carbocycles. The number of likely N-dealkylation sites (tertiary alicyclic amines) is 1. The first kappa shape index (κ1) is 19.0. The highest BCUT2D eigenvalue weighted by atomic mass is 16.5. The molecule has 6 nitrogen and oxygen atoms in total. The maximum atomic E-state index is 12.4. The van der Waals surface area contributed by atoms with Gasteiger partial charge in [-0.1, -0.05) is 24.3 Å². The van der Waals surface area contributed by atoms with Crippen LogP contribution in [0.4, 0.5) is 10.5 Å². The van der Waals surface area contributed by atoms with Gasteiger partial charge in [0.2, 0.25) is 0 Å². The minimum atomic E-state index is -0.201. The predicted octanol–water partition coefficient (Wildman–Crippen LogP) is 3.49. The minimum absolute atomic E-state index is 0.124. The maximum absolute atomic E-state index is 12.4. The van der Waals surface area contributed by atoms with Gasteiger partial charge in [-0.3, -0.25) is 4.90 Å². The van der Waals surface area contributed by atoms with Crippen LogP contribution in [0.3, 0.4) is 0 Å². The zero-order valence-electron chi connectivity index (χ0n) is 15.9. The minimum Gasteiger partial charge on any atom is -0.497 e. The second-order valence-electron chi connectivity index (χ2n) is 6.72. The van der Waals surface area contributed by atoms with E-state index in [-0.39, 0.29) is 12.1 Å². The first-order chi connectivity index (χ1) is 13.2. The van der Waals surface area contributed by atoms with E-state index in [1.807, 2.05) is 36.4 Å². The van der Waals surface area contributed by atoms with Crippen LogP contribution >= 0.6 is 0 Å². The molecule has 1 heterocycles. The smallest absolute Gasteiger partial charge is 0.319 e. The second kappa shape index (κ2) is 9.28. The van der Waals surface area contributed by atoms with Crippen LogP contribution in [0.1, 0.15) is 18.4 Å². The average Bonchev–Trinajstić information content (AvgIpc) is 2.68. The van der Waals surface area contributed by atoms with Gasteiger partial charge in [0.15, 0.2) is 0 Å². The second-order valence-corrected chi connectivity index (χ2v) is 6.72. The summed E-state index contributed by atoms with van der Waals surface area (Å²) < 4.78 is 10.6. The van der Waals surface area contributed by atoms with Gasteiger partial charge in [0.25, 0.3) is 0 Å². The molecule has 3 rings (SSSR count). The van der Waals surface area contributed by atoms with E-state index in [4.69, 9.17) is 9.47 Å². The van der Waals surface area contributed by atoms with Crippen LogP contribution in [0.15, 0.2) is 48.5 Å². The summed E-state index contributed by atoms with van der Waals surface area (Å²) in [7, 11) is 3.27. The molecule has 2 N–H and O–H groups in total. The van der Waals surface area contributed by atoms with Gasteiger partial charge in [0, 0.05) is 19.1 Å². The number of carbonyl (C=O) groups is 1. The van der Waals surface area contributed by atoms with Gasteiger partial charge in [0.1, 0.15) is 11.5 Å². The Morgan fingerprint density at radius 3 is 2.81 bits per heavy atom. The van der Waals surface area contributed by atoms with Gasteiger partial charge in [-0.05, 0) is 49.2 Å². The van der Waals surface area contributed by atoms with E-state index in [1.165, 1.54) is 5.56 Å². The fourth-order valence-corrected chi connectivity index (χ4v) is 3.44. The van der Waals surface area contributed by atoms with Crippen molar-refractivity contribution in [2.24, 2.45) is 0 Å². The summed E-state index contributed by atoms with van der Waals surface area (Å²) in [6.45, 7) is 2.71. The predicted molar refractivity (Wildman–Crippen MR) is 106 cm³/mol. The van der Waals surface area contributed by atoms with Crippen LogP contribution in [0.25, 0.3) is 0 Å². The normalized spacial score (nSPS) is 17.2. The number of piperidine rings is 1. The van der Waals surface area contributed by atoms with Crippen molar-refractivity contribution in [3.05, 3.63) is 54.1 Å². The van der Waals surface area contributed by atoms with Crippen LogP contribution in [-0.2, 0) is 6.54 Å². The third kappa shape index (κ3) is 5.37. The summed E-state index contributed by atoms with van der Waals surface area (Å²) in [6.07, 6.45) is 2.04. The van der Waals surface area contributed by atoms with Crippen molar-refractivity contribution in [3.8, 4) is 11.5 Å². The molecule has 0 radical (unpaired) electrons. The summed E-state index contributed by atoms with van der Waals surface area (Å²) in [4.78, 5) is 14.8. The van der Waals surface area contributed by atoms with E-state index in [0.29, 0.717) is 11.4 Å². The van der Waals surface area contributed by atoms with Crippen LogP contribution in [-0.4, -0.2) is 44.3 Å². The van der Waals surface area contributed by atoms with Crippen molar-refractivity contribution in [3.63, 3.8) is 0 Å². The zero-order chi connectivity index (χ0) is 19.1. The van der Waals surface area contributed by atoms with Crippen LogP contribution in [0.5, 0.6) is 11.5 Å². The molecule has 1 aliphatic heterocycles. The monoisotopic (exact) mass is 369 g/mol. The third-order valence-corrected chi connectivity index (χ3v) is 4.74. The summed E-state index contributed by atoms with van der Waals surface area (Å²) in [5.41, 5.74) is 1.88. The molecule has 0 saturated carbocycles. The van der Waals surface area contributed by atoms with Gasteiger partial charge in [-0.2, -0.15) is 0 Å². The number of nitrogens with one attached hydrogen (secondary N) is 2. The SMILES string of the molecule is COc1cccc(CN2CCC[C@@H](NC(=O)Nc3ccccc3OC)C2)c1. The molecule has 0 unspecified atom stereocenters. The Bertz CT molecular complexity index is 766. The Labute approximate surface area is 160 Å². The number of hydrogen-bond donors (Lipinski definition) is 2. The number of hydrogen-bond acceptors (Lipinski definition) is 4. The van der Waals surface area contributed by atoms with E-state index < -0.39 is 0 Å². The van der Waals surface area contributed by atoms with Gasteiger partial charge >= 0.3 is 6.03 Å². The summed E-state index contributed by atoms with van der Waals surface area (Å²) in [6, 6.07) is 15.4. The first-order valence-corrected chi connectivity index (χ1v) is 9.23. The van der Waals surface area contributed by atoms with Crippen LogP contribution in [0.2, 0.25) is 0 Å². The van der Waals surface area contributed by atoms with Crippen molar-refractivity contribution in [1.29, 1.82) is 0 Å². The lowest BCUT2D eigenvalue weighted by Crippen LogP contribution is -2.48. The molecule has 6 heteroatoms. The number of urea groups is 1. The maximum Gasteiger partial charge on any atom is 0.319 e. The summed E-state index contributed by atoms with van der Waals surface area (Å²) in [5.74, 6) is 1.52. The molecule has 1 saturated heterocycles. The Balaban J connectivity index is 1.54. The van der Waals surface area contributed by atoms with Crippen molar-refractivity contribution in [2.45, 2.75) is 25.4 Å². The summed E-state index contributed by atoms with van der Waals surface area (Å²) >= 11 is 0. The molecule has 2 amide bonds. The number of para-hydroxylation sites is 2. The fourth-order valence-electron chi connectivity index (χ4n) is 3.44. The van der Waals surface area contributed by atoms with Gasteiger partial charge in [-0.25, -0.2) is 4.79 Å². The lowest BCUT2D eigenvalue weighted by molar-refractivity contribution is 0.183. The molecule has 1 atom stereocenters. The zero-order valence-corrected chi connectivity index (χ0v) is 15.9.